The summed E-state index contributed by atoms with van der Waals surface area (Å²) in [6.07, 6.45) is 1.12. The fourth-order valence-electron chi connectivity index (χ4n) is 1.03. The zero-order valence-corrected chi connectivity index (χ0v) is 11.2. The van der Waals surface area contributed by atoms with E-state index in [2.05, 4.69) is 10.6 Å². The lowest BCUT2D eigenvalue weighted by molar-refractivity contribution is -0.120. The molecule has 1 amide bonds. The molecule has 0 fully saturated rings. The van der Waals surface area contributed by atoms with Gasteiger partial charge in [0.1, 0.15) is 0 Å². The third-order valence-electron chi connectivity index (χ3n) is 1.87. The van der Waals surface area contributed by atoms with E-state index in [-0.39, 0.29) is 17.6 Å². The fourth-order valence-corrected chi connectivity index (χ4v) is 1.03. The van der Waals surface area contributed by atoms with Gasteiger partial charge in [-0.15, -0.1) is 0 Å². The molecule has 0 bridgehead atoms. The van der Waals surface area contributed by atoms with Crippen LogP contribution in [0.5, 0.6) is 0 Å². The molecule has 0 aromatic heterocycles. The second kappa shape index (κ2) is 7.63. The molecule has 0 aliphatic carbocycles. The minimum absolute atomic E-state index is 0.0158. The van der Waals surface area contributed by atoms with Crippen molar-refractivity contribution in [2.45, 2.75) is 52.7 Å². The molecule has 0 rings (SSSR count). The lowest BCUT2D eigenvalue weighted by Gasteiger charge is -2.20. The molecule has 0 aromatic rings. The van der Waals surface area contributed by atoms with Crippen LogP contribution in [0.4, 0.5) is 0 Å². The fraction of sp³-hybridized carbons (Fsp3) is 0.917. The van der Waals surface area contributed by atoms with Gasteiger partial charge in [-0.2, -0.15) is 0 Å². The standard InChI is InChI=1S/C12H26N2O2/c1-10(2)16-8-6-7-13-11(15)9-14-12(3,4)5/h10,14H,6-9H2,1-5H3,(H,13,15). The summed E-state index contributed by atoms with van der Waals surface area (Å²) in [5.74, 6) is 0.0412. The van der Waals surface area contributed by atoms with Crippen molar-refractivity contribution in [3.05, 3.63) is 0 Å². The number of ether oxygens (including phenoxy) is 1. The lowest BCUT2D eigenvalue weighted by Crippen LogP contribution is -2.43. The van der Waals surface area contributed by atoms with E-state index in [1.54, 1.807) is 0 Å². The molecule has 0 heterocycles. The van der Waals surface area contributed by atoms with Crippen LogP contribution in [-0.2, 0) is 9.53 Å². The molecule has 0 radical (unpaired) electrons. The van der Waals surface area contributed by atoms with Gasteiger partial charge in [0.15, 0.2) is 0 Å². The average molecular weight is 230 g/mol. The van der Waals surface area contributed by atoms with Crippen LogP contribution < -0.4 is 10.6 Å². The number of hydrogen-bond acceptors (Lipinski definition) is 3. The van der Waals surface area contributed by atoms with Crippen LogP contribution in [0.2, 0.25) is 0 Å². The highest BCUT2D eigenvalue weighted by molar-refractivity contribution is 5.78. The molecule has 96 valence electrons. The summed E-state index contributed by atoms with van der Waals surface area (Å²) in [5.41, 5.74) is -0.0158. The van der Waals surface area contributed by atoms with E-state index < -0.39 is 0 Å². The second-order valence-electron chi connectivity index (χ2n) is 5.23. The molecular weight excluding hydrogens is 204 g/mol. The normalized spacial score (nSPS) is 11.9. The van der Waals surface area contributed by atoms with Gasteiger partial charge >= 0.3 is 0 Å². The number of rotatable bonds is 7. The van der Waals surface area contributed by atoms with Gasteiger partial charge in [-0.3, -0.25) is 4.79 Å². The van der Waals surface area contributed by atoms with Gasteiger partial charge < -0.3 is 15.4 Å². The summed E-state index contributed by atoms with van der Waals surface area (Å²) < 4.78 is 5.37. The summed E-state index contributed by atoms with van der Waals surface area (Å²) in [5, 5.41) is 5.99. The minimum atomic E-state index is -0.0158. The van der Waals surface area contributed by atoms with Gasteiger partial charge in [0.05, 0.1) is 12.6 Å². The van der Waals surface area contributed by atoms with Crippen molar-refractivity contribution in [3.63, 3.8) is 0 Å². The first kappa shape index (κ1) is 15.4. The quantitative estimate of drug-likeness (QED) is 0.648. The molecule has 0 aliphatic heterocycles. The Labute approximate surface area is 99.1 Å². The zero-order chi connectivity index (χ0) is 12.6. The molecular formula is C12H26N2O2. The van der Waals surface area contributed by atoms with Gasteiger partial charge in [0, 0.05) is 18.7 Å². The van der Waals surface area contributed by atoms with E-state index in [1.807, 2.05) is 34.6 Å². The molecule has 0 atom stereocenters. The summed E-state index contributed by atoms with van der Waals surface area (Å²) in [6, 6.07) is 0. The van der Waals surface area contributed by atoms with Crippen LogP contribution in [0.3, 0.4) is 0 Å². The van der Waals surface area contributed by atoms with Gasteiger partial charge in [0.2, 0.25) is 5.91 Å². The van der Waals surface area contributed by atoms with Gasteiger partial charge in [-0.1, -0.05) is 0 Å². The predicted octanol–water partition coefficient (Wildman–Crippen LogP) is 1.31. The molecule has 0 saturated carbocycles. The van der Waals surface area contributed by atoms with Crippen LogP contribution in [-0.4, -0.2) is 37.2 Å². The highest BCUT2D eigenvalue weighted by Gasteiger charge is 2.10. The molecule has 0 spiro atoms. The smallest absolute Gasteiger partial charge is 0.233 e. The minimum Gasteiger partial charge on any atom is -0.379 e. The van der Waals surface area contributed by atoms with Crippen LogP contribution in [0.1, 0.15) is 41.0 Å². The van der Waals surface area contributed by atoms with Crippen LogP contribution in [0, 0.1) is 0 Å². The molecule has 16 heavy (non-hydrogen) atoms. The zero-order valence-electron chi connectivity index (χ0n) is 11.2. The van der Waals surface area contributed by atoms with Crippen LogP contribution in [0.15, 0.2) is 0 Å². The molecule has 0 aromatic carbocycles. The first-order chi connectivity index (χ1) is 7.31. The molecule has 2 N–H and O–H groups in total. The monoisotopic (exact) mass is 230 g/mol. The Morgan fingerprint density at radius 3 is 2.44 bits per heavy atom. The van der Waals surface area contributed by atoms with E-state index in [0.29, 0.717) is 19.7 Å². The Balaban J connectivity index is 3.38. The number of hydrogen-bond donors (Lipinski definition) is 2. The Bertz CT molecular complexity index is 198. The Morgan fingerprint density at radius 2 is 1.94 bits per heavy atom. The summed E-state index contributed by atoms with van der Waals surface area (Å²) in [4.78, 5) is 11.4. The summed E-state index contributed by atoms with van der Waals surface area (Å²) in [6.45, 7) is 11.9. The maximum absolute atomic E-state index is 11.4. The topological polar surface area (TPSA) is 50.4 Å². The van der Waals surface area contributed by atoms with E-state index in [4.69, 9.17) is 4.74 Å². The second-order valence-corrected chi connectivity index (χ2v) is 5.23. The maximum atomic E-state index is 11.4. The number of nitrogens with one attached hydrogen (secondary N) is 2. The molecule has 0 unspecified atom stereocenters. The van der Waals surface area contributed by atoms with E-state index in [1.165, 1.54) is 0 Å². The maximum Gasteiger partial charge on any atom is 0.233 e. The van der Waals surface area contributed by atoms with Crippen molar-refractivity contribution in [2.24, 2.45) is 0 Å². The molecule has 0 saturated heterocycles. The highest BCUT2D eigenvalue weighted by Crippen LogP contribution is 1.96. The van der Waals surface area contributed by atoms with E-state index in [9.17, 15) is 4.79 Å². The van der Waals surface area contributed by atoms with Gasteiger partial charge in [0.25, 0.3) is 0 Å². The summed E-state index contributed by atoms with van der Waals surface area (Å²) in [7, 11) is 0. The average Bonchev–Trinajstić information content (AvgIpc) is 2.12. The van der Waals surface area contributed by atoms with Crippen molar-refractivity contribution in [1.82, 2.24) is 10.6 Å². The van der Waals surface area contributed by atoms with Crippen molar-refractivity contribution in [1.29, 1.82) is 0 Å². The van der Waals surface area contributed by atoms with Crippen LogP contribution in [0.25, 0.3) is 0 Å². The third kappa shape index (κ3) is 11.5. The van der Waals surface area contributed by atoms with Crippen molar-refractivity contribution in [3.8, 4) is 0 Å². The first-order valence-electron chi connectivity index (χ1n) is 5.94. The van der Waals surface area contributed by atoms with Gasteiger partial charge in [-0.05, 0) is 41.0 Å². The molecule has 4 heteroatoms. The Morgan fingerprint density at radius 1 is 1.31 bits per heavy atom. The summed E-state index contributed by atoms with van der Waals surface area (Å²) >= 11 is 0. The van der Waals surface area contributed by atoms with E-state index >= 15 is 0 Å². The SMILES string of the molecule is CC(C)OCCCNC(=O)CNC(C)(C)C. The largest absolute Gasteiger partial charge is 0.379 e. The van der Waals surface area contributed by atoms with Crippen molar-refractivity contribution < 1.29 is 9.53 Å². The van der Waals surface area contributed by atoms with Crippen LogP contribution >= 0.6 is 0 Å². The molecule has 4 nitrogen and oxygen atoms in total. The predicted molar refractivity (Wildman–Crippen MR) is 66.5 cm³/mol. The Kier molecular flexibility index (Phi) is 7.34. The number of carbonyl (C=O) groups is 1. The lowest BCUT2D eigenvalue weighted by atomic mass is 10.1. The first-order valence-corrected chi connectivity index (χ1v) is 5.94. The Hall–Kier alpha value is -0.610. The van der Waals surface area contributed by atoms with E-state index in [0.717, 1.165) is 6.42 Å². The van der Waals surface area contributed by atoms with Crippen molar-refractivity contribution >= 4 is 5.91 Å². The highest BCUT2D eigenvalue weighted by atomic mass is 16.5. The number of carbonyl (C=O) groups excluding carboxylic acids is 1. The third-order valence-corrected chi connectivity index (χ3v) is 1.87. The molecule has 0 aliphatic rings. The number of amides is 1. The van der Waals surface area contributed by atoms with Crippen molar-refractivity contribution in [2.75, 3.05) is 19.7 Å². The van der Waals surface area contributed by atoms with Gasteiger partial charge in [-0.25, -0.2) is 0 Å².